The Morgan fingerprint density at radius 1 is 1.21 bits per heavy atom. The van der Waals surface area contributed by atoms with Gasteiger partial charge in [-0.05, 0) is 30.2 Å². The number of phenolic OH excluding ortho intramolecular Hbond substituents is 1. The second kappa shape index (κ2) is 7.33. The highest BCUT2D eigenvalue weighted by Crippen LogP contribution is 2.29. The summed E-state index contributed by atoms with van der Waals surface area (Å²) < 4.78 is 5.11. The molecule has 0 saturated carbocycles. The van der Waals surface area contributed by atoms with E-state index in [-0.39, 0.29) is 23.7 Å². The molecule has 6 nitrogen and oxygen atoms in total. The van der Waals surface area contributed by atoms with Crippen LogP contribution in [0.4, 0.5) is 0 Å². The summed E-state index contributed by atoms with van der Waals surface area (Å²) >= 11 is 0. The molecule has 126 valence electrons. The van der Waals surface area contributed by atoms with Crippen LogP contribution in [-0.4, -0.2) is 24.2 Å². The van der Waals surface area contributed by atoms with E-state index < -0.39 is 0 Å². The van der Waals surface area contributed by atoms with E-state index in [1.165, 1.54) is 0 Å². The van der Waals surface area contributed by atoms with Crippen LogP contribution in [0.25, 0.3) is 0 Å². The number of ether oxygens (including phenoxy) is 1. The molecule has 1 amide bonds. The molecule has 0 aromatic heterocycles. The molecule has 2 aromatic rings. The van der Waals surface area contributed by atoms with Crippen molar-refractivity contribution >= 4 is 5.91 Å². The van der Waals surface area contributed by atoms with E-state index in [4.69, 9.17) is 4.74 Å². The van der Waals surface area contributed by atoms with Gasteiger partial charge in [0, 0.05) is 12.1 Å². The lowest BCUT2D eigenvalue weighted by Crippen LogP contribution is -2.42. The van der Waals surface area contributed by atoms with Gasteiger partial charge in [0.15, 0.2) is 0 Å². The van der Waals surface area contributed by atoms with Gasteiger partial charge in [-0.1, -0.05) is 30.3 Å². The number of carbonyl (C=O) groups excluding carboxylic acids is 1. The number of aromatic hydroxyl groups is 1. The molecule has 3 rings (SSSR count). The Morgan fingerprint density at radius 2 is 1.96 bits per heavy atom. The molecule has 6 heteroatoms. The lowest BCUT2D eigenvalue weighted by Gasteiger charge is -2.12. The zero-order valence-corrected chi connectivity index (χ0v) is 13.5. The van der Waals surface area contributed by atoms with E-state index in [0.717, 1.165) is 16.9 Å². The lowest BCUT2D eigenvalue weighted by molar-refractivity contribution is -0.123. The van der Waals surface area contributed by atoms with Gasteiger partial charge < -0.3 is 15.2 Å². The number of para-hydroxylation sites is 1. The number of hydrogen-bond donors (Lipinski definition) is 4. The van der Waals surface area contributed by atoms with Crippen LogP contribution in [0.15, 0.2) is 48.5 Å². The standard InChI is InChI=1S/C18H21N3O3/c1-24-13-8-6-12(7-9-13)11-19-18(23)16-10-15(20-21-16)14-4-2-3-5-17(14)22/h2-9,15-16,20-22H,10-11H2,1H3,(H,19,23). The quantitative estimate of drug-likeness (QED) is 0.671. The minimum atomic E-state index is -0.340. The number of hydrogen-bond acceptors (Lipinski definition) is 5. The Morgan fingerprint density at radius 3 is 2.67 bits per heavy atom. The average Bonchev–Trinajstić information content (AvgIpc) is 3.10. The molecule has 0 aliphatic carbocycles. The Labute approximate surface area is 140 Å². The first-order valence-corrected chi connectivity index (χ1v) is 7.87. The zero-order chi connectivity index (χ0) is 16.9. The third kappa shape index (κ3) is 3.67. The lowest BCUT2D eigenvalue weighted by atomic mass is 10.0. The summed E-state index contributed by atoms with van der Waals surface area (Å²) in [6.45, 7) is 0.461. The molecule has 1 aliphatic rings. The molecule has 4 N–H and O–H groups in total. The molecule has 0 radical (unpaired) electrons. The molecule has 24 heavy (non-hydrogen) atoms. The van der Waals surface area contributed by atoms with Crippen molar-refractivity contribution < 1.29 is 14.6 Å². The van der Waals surface area contributed by atoms with Crippen LogP contribution in [0.3, 0.4) is 0 Å². The number of hydrazine groups is 1. The highest BCUT2D eigenvalue weighted by molar-refractivity contribution is 5.82. The van der Waals surface area contributed by atoms with Crippen LogP contribution in [0.5, 0.6) is 11.5 Å². The van der Waals surface area contributed by atoms with Gasteiger partial charge in [0.2, 0.25) is 5.91 Å². The van der Waals surface area contributed by atoms with Crippen LogP contribution in [0.2, 0.25) is 0 Å². The van der Waals surface area contributed by atoms with Crippen LogP contribution in [0.1, 0.15) is 23.6 Å². The van der Waals surface area contributed by atoms with Crippen LogP contribution in [0, 0.1) is 0 Å². The van der Waals surface area contributed by atoms with Crippen molar-refractivity contribution in [3.8, 4) is 11.5 Å². The summed E-state index contributed by atoms with van der Waals surface area (Å²) in [6.07, 6.45) is 0.575. The van der Waals surface area contributed by atoms with Crippen molar-refractivity contribution in [2.45, 2.75) is 25.0 Å². The molecule has 1 heterocycles. The minimum absolute atomic E-state index is 0.0729. The Balaban J connectivity index is 1.53. The van der Waals surface area contributed by atoms with Crippen molar-refractivity contribution in [3.63, 3.8) is 0 Å². The fourth-order valence-corrected chi connectivity index (χ4v) is 2.77. The fraction of sp³-hybridized carbons (Fsp3) is 0.278. The molecule has 2 aromatic carbocycles. The smallest absolute Gasteiger partial charge is 0.238 e. The average molecular weight is 327 g/mol. The first-order chi connectivity index (χ1) is 11.7. The van der Waals surface area contributed by atoms with Gasteiger partial charge >= 0.3 is 0 Å². The number of amides is 1. The van der Waals surface area contributed by atoms with E-state index >= 15 is 0 Å². The largest absolute Gasteiger partial charge is 0.508 e. The summed E-state index contributed by atoms with van der Waals surface area (Å²) in [5.74, 6) is 0.949. The Bertz CT molecular complexity index is 703. The fourth-order valence-electron chi connectivity index (χ4n) is 2.77. The molecule has 1 fully saturated rings. The first kappa shape index (κ1) is 16.3. The van der Waals surface area contributed by atoms with Gasteiger partial charge in [-0.25, -0.2) is 10.9 Å². The number of rotatable bonds is 5. The highest BCUT2D eigenvalue weighted by atomic mass is 16.5. The number of methoxy groups -OCH3 is 1. The summed E-state index contributed by atoms with van der Waals surface area (Å²) in [7, 11) is 1.62. The second-order valence-electron chi connectivity index (χ2n) is 5.75. The molecule has 0 spiro atoms. The third-order valence-electron chi connectivity index (χ3n) is 4.16. The maximum Gasteiger partial charge on any atom is 0.238 e. The maximum absolute atomic E-state index is 12.3. The number of phenols is 1. The number of nitrogens with one attached hydrogen (secondary N) is 3. The van der Waals surface area contributed by atoms with Crippen molar-refractivity contribution in [3.05, 3.63) is 59.7 Å². The maximum atomic E-state index is 12.3. The normalized spacial score (nSPS) is 19.9. The van der Waals surface area contributed by atoms with Crippen LogP contribution < -0.4 is 20.9 Å². The van der Waals surface area contributed by atoms with Crippen molar-refractivity contribution in [2.75, 3.05) is 7.11 Å². The van der Waals surface area contributed by atoms with Crippen molar-refractivity contribution in [1.29, 1.82) is 0 Å². The summed E-state index contributed by atoms with van der Waals surface area (Å²) in [6, 6.07) is 14.3. The Kier molecular flexibility index (Phi) is 4.98. The van der Waals surface area contributed by atoms with Gasteiger partial charge in [-0.2, -0.15) is 0 Å². The molecular weight excluding hydrogens is 306 g/mol. The first-order valence-electron chi connectivity index (χ1n) is 7.87. The van der Waals surface area contributed by atoms with Gasteiger partial charge in [-0.3, -0.25) is 4.79 Å². The van der Waals surface area contributed by atoms with E-state index in [2.05, 4.69) is 16.2 Å². The highest BCUT2D eigenvalue weighted by Gasteiger charge is 2.31. The van der Waals surface area contributed by atoms with E-state index in [0.29, 0.717) is 13.0 Å². The predicted octanol–water partition coefficient (Wildman–Crippen LogP) is 1.62. The molecule has 1 aliphatic heterocycles. The van der Waals surface area contributed by atoms with Gasteiger partial charge in [0.1, 0.15) is 17.5 Å². The topological polar surface area (TPSA) is 82.6 Å². The van der Waals surface area contributed by atoms with Gasteiger partial charge in [-0.15, -0.1) is 0 Å². The minimum Gasteiger partial charge on any atom is -0.508 e. The van der Waals surface area contributed by atoms with Crippen molar-refractivity contribution in [1.82, 2.24) is 16.2 Å². The summed E-state index contributed by atoms with van der Waals surface area (Å²) in [5, 5.41) is 12.8. The predicted molar refractivity (Wildman–Crippen MR) is 90.4 cm³/mol. The molecule has 1 saturated heterocycles. The molecule has 2 atom stereocenters. The molecule has 2 unspecified atom stereocenters. The van der Waals surface area contributed by atoms with Crippen LogP contribution in [-0.2, 0) is 11.3 Å². The van der Waals surface area contributed by atoms with Gasteiger partial charge in [0.05, 0.1) is 13.2 Å². The molecular formula is C18H21N3O3. The van der Waals surface area contributed by atoms with E-state index in [9.17, 15) is 9.90 Å². The van der Waals surface area contributed by atoms with E-state index in [1.807, 2.05) is 36.4 Å². The summed E-state index contributed by atoms with van der Waals surface area (Å²) in [4.78, 5) is 12.3. The summed E-state index contributed by atoms with van der Waals surface area (Å²) in [5.41, 5.74) is 7.86. The van der Waals surface area contributed by atoms with Crippen molar-refractivity contribution in [2.24, 2.45) is 0 Å². The van der Waals surface area contributed by atoms with Crippen LogP contribution >= 0.6 is 0 Å². The Hall–Kier alpha value is -2.57. The number of benzene rings is 2. The zero-order valence-electron chi connectivity index (χ0n) is 13.5. The third-order valence-corrected chi connectivity index (χ3v) is 4.16. The molecule has 0 bridgehead atoms. The van der Waals surface area contributed by atoms with Gasteiger partial charge in [0.25, 0.3) is 0 Å². The second-order valence-corrected chi connectivity index (χ2v) is 5.75. The van der Waals surface area contributed by atoms with E-state index in [1.54, 1.807) is 19.2 Å². The monoisotopic (exact) mass is 327 g/mol. The number of carbonyl (C=O) groups is 1. The SMILES string of the molecule is COc1ccc(CNC(=O)C2CC(c3ccccc3O)NN2)cc1.